The molecule has 2 aliphatic heterocycles. The Morgan fingerprint density at radius 2 is 1.98 bits per heavy atom. The van der Waals surface area contributed by atoms with E-state index in [1.807, 2.05) is 6.08 Å². The third-order valence-corrected chi connectivity index (χ3v) is 7.88. The maximum atomic E-state index is 14.8. The Balaban J connectivity index is 1.17. The van der Waals surface area contributed by atoms with Gasteiger partial charge in [0.15, 0.2) is 5.82 Å². The average Bonchev–Trinajstić information content (AvgIpc) is 3.27. The fourth-order valence-electron chi connectivity index (χ4n) is 5.25. The summed E-state index contributed by atoms with van der Waals surface area (Å²) in [6.45, 7) is 3.14. The molecule has 1 saturated heterocycles. The van der Waals surface area contributed by atoms with Gasteiger partial charge in [-0.25, -0.2) is 28.5 Å². The van der Waals surface area contributed by atoms with Crippen molar-refractivity contribution in [2.24, 2.45) is 0 Å². The smallest absolute Gasteiger partial charge is 0.335 e. The molecule has 0 radical (unpaired) electrons. The number of rotatable bonds is 9. The van der Waals surface area contributed by atoms with Crippen LogP contribution in [0.15, 0.2) is 48.7 Å². The highest BCUT2D eigenvalue weighted by atomic mass is 35.5. The Morgan fingerprint density at radius 1 is 1.12 bits per heavy atom. The monoisotopic (exact) mass is 579 g/mol. The molecule has 2 aliphatic rings. The van der Waals surface area contributed by atoms with E-state index in [1.54, 1.807) is 30.3 Å². The van der Waals surface area contributed by atoms with Gasteiger partial charge >= 0.3 is 5.97 Å². The Morgan fingerprint density at radius 3 is 2.68 bits per heavy atom. The van der Waals surface area contributed by atoms with Crippen LogP contribution in [0.1, 0.15) is 46.1 Å². The summed E-state index contributed by atoms with van der Waals surface area (Å²) >= 11 is 5.84. The summed E-state index contributed by atoms with van der Waals surface area (Å²) in [6.07, 6.45) is 5.53. The fraction of sp³-hybridized carbons (Fsp3) is 0.333. The highest BCUT2D eigenvalue weighted by Gasteiger charge is 2.24. The third kappa shape index (κ3) is 6.00. The molecule has 2 aromatic carbocycles. The van der Waals surface area contributed by atoms with E-state index in [-0.39, 0.29) is 23.2 Å². The normalized spacial score (nSPS) is 17.4. The van der Waals surface area contributed by atoms with E-state index in [0.717, 1.165) is 35.5 Å². The first-order valence-corrected chi connectivity index (χ1v) is 13.9. The summed E-state index contributed by atoms with van der Waals surface area (Å²) in [6, 6.07) is 9.52. The summed E-state index contributed by atoms with van der Waals surface area (Å²) in [5, 5.41) is 9.81. The molecule has 8 nitrogen and oxygen atoms in total. The lowest BCUT2D eigenvalue weighted by Crippen LogP contribution is -2.33. The number of aromatic carboxylic acids is 1. The SMILES string of the molecule is O=C(O)c1ccc2nc(CN3CC=C(c4nc(CCc5ccc(Cl)cc5F)ncc4F)CC3)n(C[C@@H]3CCO3)c2c1. The van der Waals surface area contributed by atoms with Crippen LogP contribution in [0.5, 0.6) is 0 Å². The van der Waals surface area contributed by atoms with Crippen molar-refractivity contribution in [2.75, 3.05) is 19.7 Å². The van der Waals surface area contributed by atoms with Gasteiger partial charge in [-0.2, -0.15) is 0 Å². The number of imidazole rings is 1. The van der Waals surface area contributed by atoms with Gasteiger partial charge in [-0.15, -0.1) is 0 Å². The molecule has 4 heterocycles. The molecule has 6 rings (SSSR count). The number of carboxylic acids is 1. The van der Waals surface area contributed by atoms with Crippen molar-refractivity contribution in [2.45, 2.75) is 44.9 Å². The van der Waals surface area contributed by atoms with Crippen LogP contribution in [0.3, 0.4) is 0 Å². The number of fused-ring (bicyclic) bond motifs is 1. The number of aromatic nitrogens is 4. The Labute approximate surface area is 240 Å². The molecule has 1 fully saturated rings. The van der Waals surface area contributed by atoms with Gasteiger partial charge in [0, 0.05) is 31.1 Å². The molecule has 0 unspecified atom stereocenters. The second-order valence-electron chi connectivity index (χ2n) is 10.4. The molecule has 212 valence electrons. The van der Waals surface area contributed by atoms with Gasteiger partial charge in [0.05, 0.1) is 42.0 Å². The number of aryl methyl sites for hydroxylation is 2. The van der Waals surface area contributed by atoms with Gasteiger partial charge in [-0.05, 0) is 60.7 Å². The van der Waals surface area contributed by atoms with Crippen molar-refractivity contribution < 1.29 is 23.4 Å². The molecule has 11 heteroatoms. The van der Waals surface area contributed by atoms with Crippen molar-refractivity contribution in [1.29, 1.82) is 0 Å². The summed E-state index contributed by atoms with van der Waals surface area (Å²) in [4.78, 5) is 27.2. The Bertz CT molecular complexity index is 1650. The van der Waals surface area contributed by atoms with E-state index in [1.165, 1.54) is 12.3 Å². The third-order valence-electron chi connectivity index (χ3n) is 7.64. The van der Waals surface area contributed by atoms with Crippen LogP contribution in [0.25, 0.3) is 16.6 Å². The van der Waals surface area contributed by atoms with Crippen LogP contribution in [-0.2, 0) is 30.7 Å². The number of carboxylic acid groups (broad SMARTS) is 1. The predicted octanol–water partition coefficient (Wildman–Crippen LogP) is 5.32. The quantitative estimate of drug-likeness (QED) is 0.287. The van der Waals surface area contributed by atoms with E-state index < -0.39 is 11.8 Å². The van der Waals surface area contributed by atoms with Crippen LogP contribution >= 0.6 is 11.6 Å². The molecule has 1 N–H and O–H groups in total. The molecule has 2 aromatic heterocycles. The number of benzene rings is 2. The zero-order valence-electron chi connectivity index (χ0n) is 22.2. The van der Waals surface area contributed by atoms with E-state index in [0.29, 0.717) is 61.9 Å². The molecule has 0 aliphatic carbocycles. The first-order chi connectivity index (χ1) is 19.8. The van der Waals surface area contributed by atoms with Crippen molar-refractivity contribution >= 4 is 34.2 Å². The first kappa shape index (κ1) is 27.4. The van der Waals surface area contributed by atoms with Crippen molar-refractivity contribution in [3.63, 3.8) is 0 Å². The molecule has 0 saturated carbocycles. The molecular weight excluding hydrogens is 552 g/mol. The van der Waals surface area contributed by atoms with Crippen LogP contribution in [-0.4, -0.2) is 61.3 Å². The molecular formula is C30H28ClF2N5O3. The lowest BCUT2D eigenvalue weighted by molar-refractivity contribution is -0.0591. The van der Waals surface area contributed by atoms with Gasteiger partial charge in [0.1, 0.15) is 23.2 Å². The van der Waals surface area contributed by atoms with Crippen molar-refractivity contribution in [1.82, 2.24) is 24.4 Å². The molecule has 41 heavy (non-hydrogen) atoms. The molecule has 0 amide bonds. The van der Waals surface area contributed by atoms with Crippen LogP contribution in [0.4, 0.5) is 8.78 Å². The van der Waals surface area contributed by atoms with Gasteiger partial charge in [-0.1, -0.05) is 23.7 Å². The number of hydrogen-bond acceptors (Lipinski definition) is 6. The standard InChI is InChI=1S/C30H28ClF2N5O3/c31-21-4-1-18(23(32)14-21)3-6-27-34-15-24(33)29(36-27)19-7-10-37(11-8-19)17-28-35-25-5-2-20(30(39)40)13-26(25)38(28)16-22-9-12-41-22/h1-2,4-5,7,13-15,22H,3,6,8-12,16-17H2,(H,39,40)/t22-/m0/s1. The summed E-state index contributed by atoms with van der Waals surface area (Å²) in [5.41, 5.74) is 3.33. The van der Waals surface area contributed by atoms with E-state index in [9.17, 15) is 18.7 Å². The summed E-state index contributed by atoms with van der Waals surface area (Å²) in [5.74, 6) is -0.563. The maximum Gasteiger partial charge on any atom is 0.335 e. The zero-order chi connectivity index (χ0) is 28.5. The van der Waals surface area contributed by atoms with Crippen LogP contribution < -0.4 is 0 Å². The largest absolute Gasteiger partial charge is 0.478 e. The minimum atomic E-state index is -0.980. The average molecular weight is 580 g/mol. The lowest BCUT2D eigenvalue weighted by atomic mass is 10.0. The Hall–Kier alpha value is -3.73. The van der Waals surface area contributed by atoms with Gasteiger partial charge in [-0.3, -0.25) is 4.90 Å². The van der Waals surface area contributed by atoms with Crippen molar-refractivity contribution in [3.05, 3.63) is 93.8 Å². The number of halogens is 3. The molecule has 4 aromatic rings. The lowest BCUT2D eigenvalue weighted by Gasteiger charge is -2.29. The van der Waals surface area contributed by atoms with E-state index in [2.05, 4.69) is 19.4 Å². The minimum absolute atomic E-state index is 0.0820. The minimum Gasteiger partial charge on any atom is -0.478 e. The number of hydrogen-bond donors (Lipinski definition) is 1. The van der Waals surface area contributed by atoms with Gasteiger partial charge < -0.3 is 14.4 Å². The van der Waals surface area contributed by atoms with Crippen LogP contribution in [0.2, 0.25) is 5.02 Å². The second-order valence-corrected chi connectivity index (χ2v) is 10.8. The fourth-order valence-corrected chi connectivity index (χ4v) is 5.41. The number of ether oxygens (including phenoxy) is 1. The highest BCUT2D eigenvalue weighted by molar-refractivity contribution is 6.30. The van der Waals surface area contributed by atoms with Gasteiger partial charge in [0.25, 0.3) is 0 Å². The van der Waals surface area contributed by atoms with E-state index in [4.69, 9.17) is 21.3 Å². The topological polar surface area (TPSA) is 93.4 Å². The Kier molecular flexibility index (Phi) is 7.79. The number of nitrogens with zero attached hydrogens (tertiary/aromatic N) is 5. The summed E-state index contributed by atoms with van der Waals surface area (Å²) < 4.78 is 36.6. The van der Waals surface area contributed by atoms with E-state index >= 15 is 0 Å². The van der Waals surface area contributed by atoms with Gasteiger partial charge in [0.2, 0.25) is 0 Å². The summed E-state index contributed by atoms with van der Waals surface area (Å²) in [7, 11) is 0. The molecule has 0 bridgehead atoms. The van der Waals surface area contributed by atoms with Crippen molar-refractivity contribution in [3.8, 4) is 0 Å². The maximum absolute atomic E-state index is 14.8. The molecule has 1 atom stereocenters. The molecule has 0 spiro atoms. The van der Waals surface area contributed by atoms with Crippen LogP contribution in [0, 0.1) is 11.6 Å². The first-order valence-electron chi connectivity index (χ1n) is 13.5. The number of carbonyl (C=O) groups is 1. The predicted molar refractivity (Wildman–Crippen MR) is 150 cm³/mol. The second kappa shape index (κ2) is 11.6. The zero-order valence-corrected chi connectivity index (χ0v) is 22.9. The highest BCUT2D eigenvalue weighted by Crippen LogP contribution is 2.27.